The Bertz CT molecular complexity index is 1140. The van der Waals surface area contributed by atoms with Gasteiger partial charge in [-0.1, -0.05) is 11.6 Å². The average molecular weight is 506 g/mol. The summed E-state index contributed by atoms with van der Waals surface area (Å²) in [5.74, 6) is -2.06. The third-order valence-electron chi connectivity index (χ3n) is 4.71. The lowest BCUT2D eigenvalue weighted by Gasteiger charge is -2.22. The van der Waals surface area contributed by atoms with Gasteiger partial charge in [0, 0.05) is 6.54 Å². The number of carbonyl (C=O) groups is 3. The number of hydrogen-bond donors (Lipinski definition) is 2. The summed E-state index contributed by atoms with van der Waals surface area (Å²) in [7, 11) is -3.91. The Morgan fingerprint density at radius 1 is 1.32 bits per heavy atom. The van der Waals surface area contributed by atoms with Gasteiger partial charge in [0.2, 0.25) is 5.91 Å². The van der Waals surface area contributed by atoms with Gasteiger partial charge in [-0.15, -0.1) is 22.7 Å². The average Bonchev–Trinajstić information content (AvgIpc) is 3.40. The van der Waals surface area contributed by atoms with E-state index in [0.717, 1.165) is 27.0 Å². The fourth-order valence-corrected chi connectivity index (χ4v) is 7.70. The smallest absolute Gasteiger partial charge is 0.348 e. The topological polar surface area (TPSA) is 136 Å². The second-order valence-corrected chi connectivity index (χ2v) is 11.5. The van der Waals surface area contributed by atoms with Crippen molar-refractivity contribution in [1.29, 1.82) is 0 Å². The number of hydrogen-bond acceptors (Lipinski definition) is 8. The molecule has 13 heteroatoms. The molecule has 1 unspecified atom stereocenters. The van der Waals surface area contributed by atoms with Gasteiger partial charge in [-0.2, -0.15) is 4.31 Å². The van der Waals surface area contributed by atoms with Crippen LogP contribution >= 0.6 is 34.3 Å². The SMILES string of the molecule is CCOC(=O)c1sc(NC(=O)C2CCCN2S(=O)(=O)c2ccc(Cl)s2)c(C(N)=O)c1C. The number of nitrogens with one attached hydrogen (secondary N) is 1. The van der Waals surface area contributed by atoms with Gasteiger partial charge >= 0.3 is 5.97 Å². The van der Waals surface area contributed by atoms with Crippen LogP contribution in [0, 0.1) is 6.92 Å². The van der Waals surface area contributed by atoms with E-state index >= 15 is 0 Å². The third kappa shape index (κ3) is 4.62. The third-order valence-corrected chi connectivity index (χ3v) is 9.50. The molecule has 2 aromatic heterocycles. The molecule has 1 atom stereocenters. The molecule has 0 saturated carbocycles. The van der Waals surface area contributed by atoms with Crippen LogP contribution in [0.25, 0.3) is 0 Å². The number of nitrogens with two attached hydrogens (primary N) is 1. The van der Waals surface area contributed by atoms with Gasteiger partial charge in [0.1, 0.15) is 20.1 Å². The predicted octanol–water partition coefficient (Wildman–Crippen LogP) is 2.84. The Morgan fingerprint density at radius 2 is 2.03 bits per heavy atom. The highest BCUT2D eigenvalue weighted by Crippen LogP contribution is 2.36. The molecule has 2 aromatic rings. The van der Waals surface area contributed by atoms with E-state index in [2.05, 4.69) is 5.32 Å². The Kier molecular flexibility index (Phi) is 7.06. The highest BCUT2D eigenvalue weighted by molar-refractivity contribution is 7.91. The molecule has 168 valence electrons. The minimum atomic E-state index is -3.91. The number of carbonyl (C=O) groups excluding carboxylic acids is 3. The number of nitrogens with zero attached hydrogens (tertiary/aromatic N) is 1. The summed E-state index contributed by atoms with van der Waals surface area (Å²) >= 11 is 7.65. The van der Waals surface area contributed by atoms with Crippen LogP contribution in [-0.4, -0.2) is 49.7 Å². The van der Waals surface area contributed by atoms with Crippen molar-refractivity contribution in [3.8, 4) is 0 Å². The predicted molar refractivity (Wildman–Crippen MR) is 118 cm³/mol. The summed E-state index contributed by atoms with van der Waals surface area (Å²) in [4.78, 5) is 37.3. The van der Waals surface area contributed by atoms with Crippen LogP contribution in [0.3, 0.4) is 0 Å². The van der Waals surface area contributed by atoms with E-state index in [-0.39, 0.29) is 32.8 Å². The van der Waals surface area contributed by atoms with E-state index in [1.54, 1.807) is 6.92 Å². The van der Waals surface area contributed by atoms with Crippen molar-refractivity contribution in [2.24, 2.45) is 5.73 Å². The van der Waals surface area contributed by atoms with Gasteiger partial charge in [0.15, 0.2) is 0 Å². The maximum atomic E-state index is 13.0. The molecule has 31 heavy (non-hydrogen) atoms. The molecule has 1 aliphatic rings. The molecule has 3 heterocycles. The van der Waals surface area contributed by atoms with Gasteiger partial charge in [-0.25, -0.2) is 13.2 Å². The molecular weight excluding hydrogens is 486 g/mol. The lowest BCUT2D eigenvalue weighted by molar-refractivity contribution is -0.119. The van der Waals surface area contributed by atoms with Crippen LogP contribution in [0.2, 0.25) is 4.34 Å². The van der Waals surface area contributed by atoms with Crippen LogP contribution in [0.5, 0.6) is 0 Å². The van der Waals surface area contributed by atoms with Gasteiger partial charge < -0.3 is 15.8 Å². The summed E-state index contributed by atoms with van der Waals surface area (Å²) < 4.78 is 32.4. The maximum absolute atomic E-state index is 13.0. The van der Waals surface area contributed by atoms with Crippen molar-refractivity contribution >= 4 is 67.1 Å². The fourth-order valence-electron chi connectivity index (χ4n) is 3.33. The summed E-state index contributed by atoms with van der Waals surface area (Å²) in [6.07, 6.45) is 0.807. The first kappa shape index (κ1) is 23.7. The highest BCUT2D eigenvalue weighted by atomic mass is 35.5. The molecule has 0 spiro atoms. The number of ether oxygens (including phenoxy) is 1. The van der Waals surface area contributed by atoms with Crippen molar-refractivity contribution in [2.45, 2.75) is 36.9 Å². The summed E-state index contributed by atoms with van der Waals surface area (Å²) in [5.41, 5.74) is 5.75. The van der Waals surface area contributed by atoms with Gasteiger partial charge in [-0.3, -0.25) is 9.59 Å². The molecule has 0 bridgehead atoms. The number of primary amides is 1. The molecule has 0 aliphatic carbocycles. The Labute approximate surface area is 192 Å². The highest BCUT2D eigenvalue weighted by Gasteiger charge is 2.40. The van der Waals surface area contributed by atoms with E-state index in [1.807, 2.05) is 0 Å². The Balaban J connectivity index is 1.89. The van der Waals surface area contributed by atoms with Crippen LogP contribution < -0.4 is 11.1 Å². The van der Waals surface area contributed by atoms with Crippen molar-refractivity contribution in [2.75, 3.05) is 18.5 Å². The molecule has 1 aliphatic heterocycles. The lowest BCUT2D eigenvalue weighted by Crippen LogP contribution is -2.43. The molecule has 1 fully saturated rings. The second-order valence-electron chi connectivity index (χ2n) is 6.67. The van der Waals surface area contributed by atoms with Crippen molar-refractivity contribution < 1.29 is 27.5 Å². The minimum absolute atomic E-state index is 0.00107. The molecule has 3 N–H and O–H groups in total. The van der Waals surface area contributed by atoms with E-state index in [1.165, 1.54) is 19.1 Å². The summed E-state index contributed by atoms with van der Waals surface area (Å²) in [5, 5.41) is 2.68. The molecule has 0 radical (unpaired) electrons. The first-order valence-corrected chi connectivity index (χ1v) is 12.7. The number of sulfonamides is 1. The summed E-state index contributed by atoms with van der Waals surface area (Å²) in [6, 6.07) is 1.91. The largest absolute Gasteiger partial charge is 0.462 e. The van der Waals surface area contributed by atoms with Crippen LogP contribution in [-0.2, 0) is 19.6 Å². The first-order chi connectivity index (χ1) is 14.6. The second kappa shape index (κ2) is 9.25. The van der Waals surface area contributed by atoms with E-state index in [9.17, 15) is 22.8 Å². The van der Waals surface area contributed by atoms with Crippen molar-refractivity contribution in [3.63, 3.8) is 0 Å². The van der Waals surface area contributed by atoms with Crippen LogP contribution in [0.15, 0.2) is 16.3 Å². The standard InChI is InChI=1S/C18H20ClN3O6S3/c1-3-28-18(25)14-9(2)13(15(20)23)17(30-14)21-16(24)10-5-4-8-22(10)31(26,27)12-7-6-11(19)29-12/h6-7,10H,3-5,8H2,1-2H3,(H2,20,23)(H,21,24). The zero-order valence-electron chi connectivity index (χ0n) is 16.6. The fraction of sp³-hybridized carbons (Fsp3) is 0.389. The summed E-state index contributed by atoms with van der Waals surface area (Å²) in [6.45, 7) is 3.50. The van der Waals surface area contributed by atoms with Crippen LogP contribution in [0.4, 0.5) is 5.00 Å². The van der Waals surface area contributed by atoms with Crippen LogP contribution in [0.1, 0.15) is 45.4 Å². The number of halogens is 1. The van der Waals surface area contributed by atoms with E-state index in [4.69, 9.17) is 22.1 Å². The normalized spacial score (nSPS) is 16.9. The molecule has 1 saturated heterocycles. The first-order valence-electron chi connectivity index (χ1n) is 9.26. The monoisotopic (exact) mass is 505 g/mol. The minimum Gasteiger partial charge on any atom is -0.462 e. The van der Waals surface area contributed by atoms with Crippen molar-refractivity contribution in [1.82, 2.24) is 4.31 Å². The zero-order valence-corrected chi connectivity index (χ0v) is 19.8. The number of rotatable bonds is 7. The van der Waals surface area contributed by atoms with Gasteiger partial charge in [-0.05, 0) is 44.4 Å². The molecule has 9 nitrogen and oxygen atoms in total. The Hall–Kier alpha value is -1.99. The lowest BCUT2D eigenvalue weighted by atomic mass is 10.1. The molecular formula is C18H20ClN3O6S3. The zero-order chi connectivity index (χ0) is 22.9. The number of anilines is 1. The number of amides is 2. The van der Waals surface area contributed by atoms with E-state index < -0.39 is 33.8 Å². The quantitative estimate of drug-likeness (QED) is 0.555. The molecule has 3 rings (SSSR count). The van der Waals surface area contributed by atoms with E-state index in [0.29, 0.717) is 22.7 Å². The maximum Gasteiger partial charge on any atom is 0.348 e. The number of thiophene rings is 2. The molecule has 0 aromatic carbocycles. The van der Waals surface area contributed by atoms with Crippen molar-refractivity contribution in [3.05, 3.63) is 32.5 Å². The number of esters is 1. The van der Waals surface area contributed by atoms with Gasteiger partial charge in [0.25, 0.3) is 15.9 Å². The Morgan fingerprint density at radius 3 is 2.61 bits per heavy atom. The van der Waals surface area contributed by atoms with Gasteiger partial charge in [0.05, 0.1) is 16.5 Å². The molecule has 2 amide bonds.